The van der Waals surface area contributed by atoms with Gasteiger partial charge in [0.2, 0.25) is 0 Å². The van der Waals surface area contributed by atoms with Crippen molar-refractivity contribution in [2.75, 3.05) is 10.6 Å². The van der Waals surface area contributed by atoms with E-state index in [1.807, 2.05) is 0 Å². The van der Waals surface area contributed by atoms with Crippen molar-refractivity contribution < 1.29 is 26.3 Å². The zero-order valence-electron chi connectivity index (χ0n) is 19.6. The molecule has 4 aromatic rings. The molecule has 0 bridgehead atoms. The minimum Gasteiger partial charge on any atom is -0.355 e. The van der Waals surface area contributed by atoms with E-state index in [0.717, 1.165) is 24.3 Å². The minimum atomic E-state index is -4.41. The number of rotatable bonds is 7. The normalized spacial score (nSPS) is 12.3. The quantitative estimate of drug-likeness (QED) is 0.144. The van der Waals surface area contributed by atoms with Crippen molar-refractivity contribution in [1.29, 1.82) is 0 Å². The van der Waals surface area contributed by atoms with Crippen LogP contribution in [-0.2, 0) is 12.4 Å². The number of anilines is 4. The third-order valence-corrected chi connectivity index (χ3v) is 5.36. The Balaban J connectivity index is 1.45. The Kier molecular flexibility index (Phi) is 7.80. The summed E-state index contributed by atoms with van der Waals surface area (Å²) in [5.41, 5.74) is 2.03. The van der Waals surface area contributed by atoms with Crippen molar-refractivity contribution in [2.24, 2.45) is 10.2 Å². The summed E-state index contributed by atoms with van der Waals surface area (Å²) in [5.74, 6) is 0. The molecule has 0 aromatic heterocycles. The van der Waals surface area contributed by atoms with Crippen molar-refractivity contribution in [2.45, 2.75) is 12.4 Å². The molecular formula is C28H20F6N4. The zero-order valence-corrected chi connectivity index (χ0v) is 19.6. The Morgan fingerprint density at radius 2 is 0.816 bits per heavy atom. The van der Waals surface area contributed by atoms with Crippen LogP contribution in [0.3, 0.4) is 0 Å². The number of halogens is 6. The van der Waals surface area contributed by atoms with E-state index >= 15 is 0 Å². The monoisotopic (exact) mass is 526 g/mol. The first-order valence-electron chi connectivity index (χ1n) is 11.2. The van der Waals surface area contributed by atoms with Gasteiger partial charge in [-0.2, -0.15) is 36.5 Å². The molecule has 0 spiro atoms. The van der Waals surface area contributed by atoms with Gasteiger partial charge in [-0.05, 0) is 60.7 Å². The number of nitrogens with zero attached hydrogens (tertiary/aromatic N) is 2. The highest BCUT2D eigenvalue weighted by atomic mass is 19.4. The van der Waals surface area contributed by atoms with Crippen LogP contribution >= 0.6 is 0 Å². The maximum absolute atomic E-state index is 12.8. The first-order valence-corrected chi connectivity index (χ1v) is 11.2. The van der Waals surface area contributed by atoms with E-state index in [4.69, 9.17) is 0 Å². The summed E-state index contributed by atoms with van der Waals surface area (Å²) in [4.78, 5) is 0. The number of nitrogens with one attached hydrogen (secondary N) is 2. The van der Waals surface area contributed by atoms with Crippen LogP contribution < -0.4 is 10.6 Å². The second-order valence-electron chi connectivity index (χ2n) is 8.06. The van der Waals surface area contributed by atoms with Crippen LogP contribution in [0, 0.1) is 0 Å². The lowest BCUT2D eigenvalue weighted by Crippen LogP contribution is -2.04. The topological polar surface area (TPSA) is 48.8 Å². The summed E-state index contributed by atoms with van der Waals surface area (Å²) in [6, 6.07) is 23.5. The van der Waals surface area contributed by atoms with Gasteiger partial charge in [0.15, 0.2) is 0 Å². The van der Waals surface area contributed by atoms with Gasteiger partial charge in [0.1, 0.15) is 0 Å². The van der Waals surface area contributed by atoms with Gasteiger partial charge in [0, 0.05) is 33.9 Å². The molecule has 4 nitrogen and oxygen atoms in total. The molecule has 38 heavy (non-hydrogen) atoms. The lowest BCUT2D eigenvalue weighted by atomic mass is 10.1. The molecule has 2 N–H and O–H groups in total. The Hall–Kier alpha value is -4.60. The van der Waals surface area contributed by atoms with Gasteiger partial charge in [-0.1, -0.05) is 36.4 Å². The van der Waals surface area contributed by atoms with Gasteiger partial charge in [0.25, 0.3) is 0 Å². The Labute approximate surface area is 214 Å². The molecule has 0 fully saturated rings. The van der Waals surface area contributed by atoms with Gasteiger partial charge in [0.05, 0.1) is 23.6 Å². The number of hydrogen-bond donors (Lipinski definition) is 2. The SMILES string of the molecule is FC(F)(F)c1ccc(Nc2ccccc2C=NN=Cc2ccccc2Nc2ccc(C(F)(F)F)cc2)cc1. The van der Waals surface area contributed by atoms with E-state index in [2.05, 4.69) is 20.8 Å². The predicted octanol–water partition coefficient (Wildman–Crippen LogP) is 8.66. The van der Waals surface area contributed by atoms with Crippen molar-refractivity contribution in [3.05, 3.63) is 119 Å². The molecule has 0 aliphatic heterocycles. The van der Waals surface area contributed by atoms with E-state index in [0.29, 0.717) is 33.9 Å². The minimum absolute atomic E-state index is 0.477. The summed E-state index contributed by atoms with van der Waals surface area (Å²) < 4.78 is 76.8. The largest absolute Gasteiger partial charge is 0.416 e. The number of benzene rings is 4. The van der Waals surface area contributed by atoms with E-state index in [-0.39, 0.29) is 0 Å². The molecule has 0 unspecified atom stereocenters. The van der Waals surface area contributed by atoms with Gasteiger partial charge in [-0.15, -0.1) is 0 Å². The highest BCUT2D eigenvalue weighted by Gasteiger charge is 2.30. The van der Waals surface area contributed by atoms with Crippen molar-refractivity contribution in [3.63, 3.8) is 0 Å². The smallest absolute Gasteiger partial charge is 0.355 e. The van der Waals surface area contributed by atoms with E-state index in [1.165, 1.54) is 36.7 Å². The molecule has 0 radical (unpaired) electrons. The lowest BCUT2D eigenvalue weighted by Gasteiger charge is -2.11. The molecule has 194 valence electrons. The standard InChI is InChI=1S/C28H20F6N4/c29-27(30,31)21-9-13-23(14-10-21)37-25-7-3-1-5-19(25)17-35-36-18-20-6-2-4-8-26(20)38-24-15-11-22(12-16-24)28(32,33)34/h1-18,37-38H. The lowest BCUT2D eigenvalue weighted by molar-refractivity contribution is -0.138. The second kappa shape index (κ2) is 11.2. The summed E-state index contributed by atoms with van der Waals surface area (Å²) >= 11 is 0. The Morgan fingerprint density at radius 1 is 0.474 bits per heavy atom. The number of alkyl halides is 6. The highest BCUT2D eigenvalue weighted by Crippen LogP contribution is 2.32. The number of para-hydroxylation sites is 2. The Bertz CT molecular complexity index is 1310. The molecule has 0 atom stereocenters. The van der Waals surface area contributed by atoms with Gasteiger partial charge in [-0.3, -0.25) is 0 Å². The van der Waals surface area contributed by atoms with Crippen LogP contribution in [0.2, 0.25) is 0 Å². The molecule has 0 aliphatic carbocycles. The third kappa shape index (κ3) is 7.00. The summed E-state index contributed by atoms with van der Waals surface area (Å²) in [7, 11) is 0. The van der Waals surface area contributed by atoms with Gasteiger partial charge < -0.3 is 10.6 Å². The zero-order chi connectivity index (χ0) is 27.2. The fourth-order valence-corrected chi connectivity index (χ4v) is 3.43. The molecule has 0 amide bonds. The van der Waals surface area contributed by atoms with E-state index in [9.17, 15) is 26.3 Å². The Morgan fingerprint density at radius 3 is 1.16 bits per heavy atom. The average Bonchev–Trinajstić information content (AvgIpc) is 2.88. The van der Waals surface area contributed by atoms with Crippen LogP contribution in [0.5, 0.6) is 0 Å². The molecule has 0 heterocycles. The van der Waals surface area contributed by atoms with Crippen LogP contribution in [-0.4, -0.2) is 12.4 Å². The van der Waals surface area contributed by atoms with Gasteiger partial charge in [-0.25, -0.2) is 0 Å². The molecular weight excluding hydrogens is 506 g/mol. The van der Waals surface area contributed by atoms with Crippen LogP contribution in [0.4, 0.5) is 49.1 Å². The van der Waals surface area contributed by atoms with Crippen LogP contribution in [0.25, 0.3) is 0 Å². The average molecular weight is 526 g/mol. The van der Waals surface area contributed by atoms with E-state index < -0.39 is 23.5 Å². The van der Waals surface area contributed by atoms with Gasteiger partial charge >= 0.3 is 12.4 Å². The first-order chi connectivity index (χ1) is 18.1. The molecule has 0 saturated carbocycles. The third-order valence-electron chi connectivity index (χ3n) is 5.36. The van der Waals surface area contributed by atoms with Crippen molar-refractivity contribution >= 4 is 35.2 Å². The van der Waals surface area contributed by atoms with E-state index in [1.54, 1.807) is 48.5 Å². The second-order valence-corrected chi connectivity index (χ2v) is 8.06. The van der Waals surface area contributed by atoms with Crippen molar-refractivity contribution in [1.82, 2.24) is 0 Å². The number of hydrogen-bond acceptors (Lipinski definition) is 4. The highest BCUT2D eigenvalue weighted by molar-refractivity contribution is 5.91. The fraction of sp³-hybridized carbons (Fsp3) is 0.0714. The fourth-order valence-electron chi connectivity index (χ4n) is 3.43. The maximum Gasteiger partial charge on any atom is 0.416 e. The molecule has 0 saturated heterocycles. The summed E-state index contributed by atoms with van der Waals surface area (Å²) in [6.45, 7) is 0. The molecule has 4 aromatic carbocycles. The summed E-state index contributed by atoms with van der Waals surface area (Å²) in [6.07, 6.45) is -5.83. The van der Waals surface area contributed by atoms with Crippen molar-refractivity contribution in [3.8, 4) is 0 Å². The molecule has 0 aliphatic rings. The molecule has 10 heteroatoms. The van der Waals surface area contributed by atoms with Crippen LogP contribution in [0.1, 0.15) is 22.3 Å². The summed E-state index contributed by atoms with van der Waals surface area (Å²) in [5, 5.41) is 14.3. The first kappa shape index (κ1) is 26.5. The molecule has 4 rings (SSSR count). The maximum atomic E-state index is 12.8. The predicted molar refractivity (Wildman–Crippen MR) is 138 cm³/mol. The van der Waals surface area contributed by atoms with Crippen LogP contribution in [0.15, 0.2) is 107 Å².